The van der Waals surface area contributed by atoms with Crippen molar-refractivity contribution in [2.45, 2.75) is 39.0 Å². The summed E-state index contributed by atoms with van der Waals surface area (Å²) in [6, 6.07) is 3.33. The van der Waals surface area contributed by atoms with E-state index in [0.29, 0.717) is 5.56 Å². The van der Waals surface area contributed by atoms with Crippen LogP contribution in [0.3, 0.4) is 0 Å². The van der Waals surface area contributed by atoms with Crippen LogP contribution in [0.4, 0.5) is 0 Å². The molecule has 0 amide bonds. The number of hydrogen-bond donors (Lipinski definition) is 3. The minimum absolute atomic E-state index is 0.0290. The number of halogens is 1. The van der Waals surface area contributed by atoms with Crippen molar-refractivity contribution in [3.63, 3.8) is 0 Å². The van der Waals surface area contributed by atoms with Crippen molar-refractivity contribution in [2.24, 2.45) is 0 Å². The molecule has 1 aromatic carbocycles. The van der Waals surface area contributed by atoms with Crippen LogP contribution in [-0.4, -0.2) is 21.1 Å². The Morgan fingerprint density at radius 1 is 1.32 bits per heavy atom. The van der Waals surface area contributed by atoms with Crippen LogP contribution < -0.4 is 0 Å². The molecule has 1 rings (SSSR count). The van der Waals surface area contributed by atoms with Crippen LogP contribution in [0.5, 0.6) is 5.75 Å². The highest BCUT2D eigenvalue weighted by molar-refractivity contribution is 7.51. The van der Waals surface area contributed by atoms with E-state index in [1.54, 1.807) is 19.1 Å². The summed E-state index contributed by atoms with van der Waals surface area (Å²) >= 11 is 6.00. The van der Waals surface area contributed by atoms with Crippen molar-refractivity contribution in [3.05, 3.63) is 28.3 Å². The first-order valence-electron chi connectivity index (χ1n) is 5.99. The van der Waals surface area contributed by atoms with Gasteiger partial charge in [0.2, 0.25) is 0 Å². The van der Waals surface area contributed by atoms with Gasteiger partial charge in [0.05, 0.1) is 11.2 Å². The molecule has 19 heavy (non-hydrogen) atoms. The Morgan fingerprint density at radius 2 is 1.84 bits per heavy atom. The molecular formula is C13H20ClO4P. The van der Waals surface area contributed by atoms with Crippen LogP contribution in [0, 0.1) is 0 Å². The Balaban J connectivity index is 3.25. The maximum absolute atomic E-state index is 11.1. The van der Waals surface area contributed by atoms with Crippen LogP contribution in [0.1, 0.15) is 44.7 Å². The standard InChI is InChI=1S/C13H20ClO4P/c1-8(7-19(16,17)18)9-5-10(13(2,3)4)12(15)11(14)6-9/h5-6,8,15H,7H2,1-4H3,(H2,16,17,18). The predicted octanol–water partition coefficient (Wildman–Crippen LogP) is 3.62. The third-order valence-corrected chi connectivity index (χ3v) is 4.29. The van der Waals surface area contributed by atoms with Gasteiger partial charge in [0.25, 0.3) is 0 Å². The number of rotatable bonds is 3. The second-order valence-electron chi connectivity index (χ2n) is 5.90. The quantitative estimate of drug-likeness (QED) is 0.745. The van der Waals surface area contributed by atoms with E-state index in [1.807, 2.05) is 20.8 Å². The SMILES string of the molecule is CC(CP(=O)(O)O)c1cc(Cl)c(O)c(C(C)(C)C)c1. The first kappa shape index (κ1) is 16.5. The van der Waals surface area contributed by atoms with E-state index in [0.717, 1.165) is 5.56 Å². The molecular weight excluding hydrogens is 287 g/mol. The third-order valence-electron chi connectivity index (χ3n) is 2.97. The Labute approximate surface area is 118 Å². The van der Waals surface area contributed by atoms with Crippen molar-refractivity contribution in [1.82, 2.24) is 0 Å². The van der Waals surface area contributed by atoms with E-state index in [-0.39, 0.29) is 28.3 Å². The predicted molar refractivity (Wildman–Crippen MR) is 77.1 cm³/mol. The largest absolute Gasteiger partial charge is 0.506 e. The molecule has 0 aliphatic carbocycles. The third kappa shape index (κ3) is 4.50. The van der Waals surface area contributed by atoms with Gasteiger partial charge in [-0.1, -0.05) is 45.4 Å². The summed E-state index contributed by atoms with van der Waals surface area (Å²) in [5.74, 6) is -0.304. The lowest BCUT2D eigenvalue weighted by molar-refractivity contribution is 0.370. The van der Waals surface area contributed by atoms with Gasteiger partial charge in [-0.15, -0.1) is 0 Å². The molecule has 0 aliphatic heterocycles. The molecule has 0 bridgehead atoms. The number of phenols is 1. The van der Waals surface area contributed by atoms with Crippen molar-refractivity contribution in [1.29, 1.82) is 0 Å². The number of aromatic hydroxyl groups is 1. The van der Waals surface area contributed by atoms with E-state index < -0.39 is 7.60 Å². The zero-order valence-corrected chi connectivity index (χ0v) is 13.2. The summed E-state index contributed by atoms with van der Waals surface area (Å²) < 4.78 is 11.1. The van der Waals surface area contributed by atoms with Crippen molar-refractivity contribution >= 4 is 19.2 Å². The number of phenolic OH excluding ortho intramolecular Hbond substituents is 1. The highest BCUT2D eigenvalue weighted by Gasteiger charge is 2.24. The highest BCUT2D eigenvalue weighted by atomic mass is 35.5. The van der Waals surface area contributed by atoms with Crippen LogP contribution in [0.15, 0.2) is 12.1 Å². The molecule has 108 valence electrons. The molecule has 3 N–H and O–H groups in total. The van der Waals surface area contributed by atoms with Gasteiger partial charge in [-0.2, -0.15) is 0 Å². The molecule has 0 aromatic heterocycles. The van der Waals surface area contributed by atoms with Gasteiger partial charge < -0.3 is 14.9 Å². The highest BCUT2D eigenvalue weighted by Crippen LogP contribution is 2.43. The minimum Gasteiger partial charge on any atom is -0.506 e. The fourth-order valence-corrected chi connectivity index (χ4v) is 3.09. The number of benzene rings is 1. The van der Waals surface area contributed by atoms with E-state index in [1.165, 1.54) is 0 Å². The van der Waals surface area contributed by atoms with Crippen molar-refractivity contribution in [3.8, 4) is 5.75 Å². The summed E-state index contributed by atoms with van der Waals surface area (Å²) in [7, 11) is -4.08. The van der Waals surface area contributed by atoms with E-state index in [9.17, 15) is 9.67 Å². The second kappa shape index (κ2) is 5.45. The molecule has 0 saturated heterocycles. The summed E-state index contributed by atoms with van der Waals surface area (Å²) in [6.07, 6.45) is -0.238. The summed E-state index contributed by atoms with van der Waals surface area (Å²) in [4.78, 5) is 18.1. The molecule has 1 aromatic rings. The molecule has 1 unspecified atom stereocenters. The van der Waals surface area contributed by atoms with Crippen LogP contribution >= 0.6 is 19.2 Å². The van der Waals surface area contributed by atoms with Gasteiger partial charge in [-0.05, 0) is 23.0 Å². The lowest BCUT2D eigenvalue weighted by atomic mass is 9.84. The molecule has 0 fully saturated rings. The Kier molecular flexibility index (Phi) is 4.74. The van der Waals surface area contributed by atoms with Crippen LogP contribution in [-0.2, 0) is 9.98 Å². The van der Waals surface area contributed by atoms with Gasteiger partial charge in [-0.3, -0.25) is 4.57 Å². The van der Waals surface area contributed by atoms with Gasteiger partial charge in [0, 0.05) is 5.56 Å². The zero-order chi connectivity index (χ0) is 15.0. The van der Waals surface area contributed by atoms with Crippen molar-refractivity contribution in [2.75, 3.05) is 6.16 Å². The van der Waals surface area contributed by atoms with Gasteiger partial charge in [0.15, 0.2) is 0 Å². The molecule has 4 nitrogen and oxygen atoms in total. The van der Waals surface area contributed by atoms with Gasteiger partial charge in [0.1, 0.15) is 5.75 Å². The average Bonchev–Trinajstić information content (AvgIpc) is 2.17. The smallest absolute Gasteiger partial charge is 0.326 e. The fraction of sp³-hybridized carbons (Fsp3) is 0.538. The zero-order valence-electron chi connectivity index (χ0n) is 11.5. The summed E-state index contributed by atoms with van der Waals surface area (Å²) in [5, 5.41) is 10.2. The van der Waals surface area contributed by atoms with E-state index in [2.05, 4.69) is 0 Å². The van der Waals surface area contributed by atoms with Crippen LogP contribution in [0.2, 0.25) is 5.02 Å². The first-order valence-corrected chi connectivity index (χ1v) is 8.17. The molecule has 0 spiro atoms. The Hall–Kier alpha value is -0.540. The fourth-order valence-electron chi connectivity index (χ4n) is 1.94. The first-order chi connectivity index (χ1) is 8.42. The number of hydrogen-bond acceptors (Lipinski definition) is 2. The monoisotopic (exact) mass is 306 g/mol. The molecule has 0 heterocycles. The lowest BCUT2D eigenvalue weighted by Gasteiger charge is -2.23. The topological polar surface area (TPSA) is 77.8 Å². The molecule has 0 saturated carbocycles. The molecule has 0 aliphatic rings. The molecule has 6 heteroatoms. The Morgan fingerprint density at radius 3 is 2.26 bits per heavy atom. The second-order valence-corrected chi connectivity index (χ2v) is 8.00. The maximum atomic E-state index is 11.1. The normalized spacial score (nSPS) is 14.5. The lowest BCUT2D eigenvalue weighted by Crippen LogP contribution is -2.13. The maximum Gasteiger partial charge on any atom is 0.326 e. The van der Waals surface area contributed by atoms with E-state index in [4.69, 9.17) is 21.4 Å². The van der Waals surface area contributed by atoms with Crippen LogP contribution in [0.25, 0.3) is 0 Å². The van der Waals surface area contributed by atoms with Crippen molar-refractivity contribution < 1.29 is 19.5 Å². The molecule has 1 atom stereocenters. The summed E-state index contributed by atoms with van der Waals surface area (Å²) in [5.41, 5.74) is 1.09. The van der Waals surface area contributed by atoms with Gasteiger partial charge >= 0.3 is 7.60 Å². The molecule has 0 radical (unpaired) electrons. The Bertz CT molecular complexity index is 516. The van der Waals surface area contributed by atoms with E-state index >= 15 is 0 Å². The average molecular weight is 307 g/mol. The van der Waals surface area contributed by atoms with Gasteiger partial charge in [-0.25, -0.2) is 0 Å². The summed E-state index contributed by atoms with van der Waals surface area (Å²) in [6.45, 7) is 7.55. The minimum atomic E-state index is -4.08.